The third-order valence-electron chi connectivity index (χ3n) is 4.01. The number of methoxy groups -OCH3 is 1. The smallest absolute Gasteiger partial charge is 0.413 e. The highest BCUT2D eigenvalue weighted by atomic mass is 16.5. The molecule has 0 bridgehead atoms. The molecule has 27 heavy (non-hydrogen) atoms. The van der Waals surface area contributed by atoms with Crippen molar-refractivity contribution in [2.24, 2.45) is 0 Å². The molecule has 138 valence electrons. The molecular weight excluding hydrogens is 342 g/mol. The highest BCUT2D eigenvalue weighted by Gasteiger charge is 2.11. The van der Waals surface area contributed by atoms with E-state index in [0.717, 1.165) is 29.2 Å². The molecular formula is C20H21N5O2. The van der Waals surface area contributed by atoms with E-state index in [0.29, 0.717) is 11.6 Å². The van der Waals surface area contributed by atoms with Gasteiger partial charge in [0.25, 0.3) is 0 Å². The molecule has 2 heterocycles. The summed E-state index contributed by atoms with van der Waals surface area (Å²) in [5.41, 5.74) is 3.24. The van der Waals surface area contributed by atoms with Gasteiger partial charge in [-0.1, -0.05) is 13.0 Å². The normalized spacial score (nSPS) is 10.3. The maximum absolute atomic E-state index is 11.6. The van der Waals surface area contributed by atoms with E-state index in [9.17, 15) is 4.79 Å². The van der Waals surface area contributed by atoms with E-state index in [1.807, 2.05) is 55.5 Å². The molecule has 0 unspecified atom stereocenters. The van der Waals surface area contributed by atoms with E-state index in [4.69, 9.17) is 4.74 Å². The Morgan fingerprint density at radius 1 is 1.15 bits per heavy atom. The van der Waals surface area contributed by atoms with Crippen LogP contribution >= 0.6 is 0 Å². The third-order valence-corrected chi connectivity index (χ3v) is 4.01. The lowest BCUT2D eigenvalue weighted by molar-refractivity contribution is 0.180. The van der Waals surface area contributed by atoms with E-state index in [1.54, 1.807) is 13.2 Å². The van der Waals surface area contributed by atoms with Crippen LogP contribution in [-0.4, -0.2) is 35.2 Å². The topological polar surface area (TPSA) is 80.2 Å². The largest absolute Gasteiger partial charge is 0.452 e. The van der Waals surface area contributed by atoms with Gasteiger partial charge in [-0.15, -0.1) is 0 Å². The lowest BCUT2D eigenvalue weighted by Gasteiger charge is -2.16. The molecule has 3 rings (SSSR count). The zero-order valence-corrected chi connectivity index (χ0v) is 15.5. The molecule has 1 aromatic carbocycles. The number of aromatic nitrogens is 3. The first-order valence-corrected chi connectivity index (χ1v) is 8.59. The summed E-state index contributed by atoms with van der Waals surface area (Å²) in [6.45, 7) is 2.05. The molecule has 0 saturated heterocycles. The van der Waals surface area contributed by atoms with Gasteiger partial charge in [0.15, 0.2) is 5.82 Å². The Labute approximate surface area is 158 Å². The van der Waals surface area contributed by atoms with Gasteiger partial charge in [-0.3, -0.25) is 9.88 Å². The number of nitrogens with zero attached hydrogens (tertiary/aromatic N) is 4. The minimum Gasteiger partial charge on any atom is -0.452 e. The lowest BCUT2D eigenvalue weighted by Crippen LogP contribution is -2.25. The number of carbonyl (C=O) groups is 1. The predicted molar refractivity (Wildman–Crippen MR) is 105 cm³/mol. The Balaban J connectivity index is 1.84. The van der Waals surface area contributed by atoms with E-state index in [2.05, 4.69) is 20.3 Å². The number of benzene rings is 1. The molecule has 1 amide bonds. The van der Waals surface area contributed by atoms with Crippen molar-refractivity contribution in [3.8, 4) is 11.5 Å². The summed E-state index contributed by atoms with van der Waals surface area (Å²) >= 11 is 0. The van der Waals surface area contributed by atoms with Gasteiger partial charge in [-0.25, -0.2) is 14.8 Å². The fraction of sp³-hybridized carbons (Fsp3) is 0.200. The standard InChI is InChI=1S/C20H21N5O2/c1-4-14-13-18(24-19(23-14)17-7-5-6-12-21-17)22-15-8-10-16(11-9-15)25(2)20(26)27-3/h5-13H,4H2,1-3H3,(H,22,23,24). The fourth-order valence-electron chi connectivity index (χ4n) is 2.51. The summed E-state index contributed by atoms with van der Waals surface area (Å²) in [5, 5.41) is 3.28. The number of hydrogen-bond donors (Lipinski definition) is 1. The van der Waals surface area contributed by atoms with Crippen molar-refractivity contribution in [3.63, 3.8) is 0 Å². The van der Waals surface area contributed by atoms with Crippen LogP contribution in [0.15, 0.2) is 54.7 Å². The highest BCUT2D eigenvalue weighted by Crippen LogP contribution is 2.22. The van der Waals surface area contributed by atoms with Crippen LogP contribution in [0.1, 0.15) is 12.6 Å². The van der Waals surface area contributed by atoms with E-state index in [1.165, 1.54) is 12.0 Å². The van der Waals surface area contributed by atoms with Crippen molar-refractivity contribution in [1.29, 1.82) is 0 Å². The molecule has 0 aliphatic carbocycles. The zero-order chi connectivity index (χ0) is 19.2. The van der Waals surface area contributed by atoms with E-state index in [-0.39, 0.29) is 0 Å². The minimum absolute atomic E-state index is 0.417. The Morgan fingerprint density at radius 2 is 1.93 bits per heavy atom. The molecule has 3 aromatic rings. The van der Waals surface area contributed by atoms with Gasteiger partial charge in [0.1, 0.15) is 11.5 Å². The second kappa shape index (κ2) is 8.27. The minimum atomic E-state index is -0.417. The molecule has 0 aliphatic heterocycles. The second-order valence-electron chi connectivity index (χ2n) is 5.84. The number of aryl methyl sites for hydroxylation is 1. The maximum atomic E-state index is 11.6. The summed E-state index contributed by atoms with van der Waals surface area (Å²) in [7, 11) is 3.01. The third kappa shape index (κ3) is 4.38. The average Bonchev–Trinajstić information content (AvgIpc) is 2.73. The highest BCUT2D eigenvalue weighted by molar-refractivity contribution is 5.87. The van der Waals surface area contributed by atoms with Crippen molar-refractivity contribution >= 4 is 23.3 Å². The van der Waals surface area contributed by atoms with Crippen LogP contribution in [0.2, 0.25) is 0 Å². The second-order valence-corrected chi connectivity index (χ2v) is 5.84. The number of pyridine rings is 1. The average molecular weight is 363 g/mol. The Morgan fingerprint density at radius 3 is 2.56 bits per heavy atom. The van der Waals surface area contributed by atoms with Crippen LogP contribution < -0.4 is 10.2 Å². The first kappa shape index (κ1) is 18.3. The first-order chi connectivity index (χ1) is 13.1. The summed E-state index contributed by atoms with van der Waals surface area (Å²) < 4.78 is 4.72. The predicted octanol–water partition coefficient (Wildman–Crippen LogP) is 4.05. The molecule has 7 heteroatoms. The van der Waals surface area contributed by atoms with Gasteiger partial charge < -0.3 is 10.1 Å². The van der Waals surface area contributed by atoms with Crippen LogP contribution in [0, 0.1) is 0 Å². The zero-order valence-electron chi connectivity index (χ0n) is 15.5. The van der Waals surface area contributed by atoms with Gasteiger partial charge in [0, 0.05) is 36.4 Å². The van der Waals surface area contributed by atoms with Gasteiger partial charge >= 0.3 is 6.09 Å². The first-order valence-electron chi connectivity index (χ1n) is 8.59. The maximum Gasteiger partial charge on any atom is 0.413 e. The lowest BCUT2D eigenvalue weighted by atomic mass is 10.2. The molecule has 1 N–H and O–H groups in total. The number of nitrogens with one attached hydrogen (secondary N) is 1. The molecule has 2 aromatic heterocycles. The van der Waals surface area contributed by atoms with E-state index < -0.39 is 6.09 Å². The number of rotatable bonds is 5. The molecule has 7 nitrogen and oxygen atoms in total. The number of hydrogen-bond acceptors (Lipinski definition) is 6. The van der Waals surface area contributed by atoms with Crippen LogP contribution in [0.3, 0.4) is 0 Å². The number of amides is 1. The Hall–Kier alpha value is -3.48. The number of anilines is 3. The molecule has 0 atom stereocenters. The van der Waals surface area contributed by atoms with Crippen LogP contribution in [0.25, 0.3) is 11.5 Å². The summed E-state index contributed by atoms with van der Waals surface area (Å²) in [6, 6.07) is 15.0. The number of ether oxygens (including phenoxy) is 1. The van der Waals surface area contributed by atoms with Crippen LogP contribution in [0.5, 0.6) is 0 Å². The summed E-state index contributed by atoms with van der Waals surface area (Å²) in [5.74, 6) is 1.27. The van der Waals surface area contributed by atoms with Gasteiger partial charge in [0.2, 0.25) is 0 Å². The van der Waals surface area contributed by atoms with Crippen molar-refractivity contribution in [3.05, 3.63) is 60.4 Å². The molecule has 0 spiro atoms. The van der Waals surface area contributed by atoms with Crippen molar-refractivity contribution in [2.75, 3.05) is 24.4 Å². The summed E-state index contributed by atoms with van der Waals surface area (Å²) in [4.78, 5) is 26.5. The molecule has 0 radical (unpaired) electrons. The fourth-order valence-corrected chi connectivity index (χ4v) is 2.51. The van der Waals surface area contributed by atoms with Crippen molar-refractivity contribution in [2.45, 2.75) is 13.3 Å². The monoisotopic (exact) mass is 363 g/mol. The number of carbonyl (C=O) groups excluding carboxylic acids is 1. The molecule has 0 saturated carbocycles. The van der Waals surface area contributed by atoms with Crippen molar-refractivity contribution < 1.29 is 9.53 Å². The molecule has 0 fully saturated rings. The summed E-state index contributed by atoms with van der Waals surface area (Å²) in [6.07, 6.45) is 2.10. The van der Waals surface area contributed by atoms with Gasteiger partial charge in [0.05, 0.1) is 7.11 Å². The van der Waals surface area contributed by atoms with Crippen LogP contribution in [0.4, 0.5) is 22.0 Å². The van der Waals surface area contributed by atoms with Gasteiger partial charge in [-0.2, -0.15) is 0 Å². The quantitative estimate of drug-likeness (QED) is 0.737. The Bertz CT molecular complexity index is 913. The van der Waals surface area contributed by atoms with E-state index >= 15 is 0 Å². The Kier molecular flexibility index (Phi) is 5.61. The van der Waals surface area contributed by atoms with Gasteiger partial charge in [-0.05, 0) is 42.8 Å². The molecule has 0 aliphatic rings. The SMILES string of the molecule is CCc1cc(Nc2ccc(N(C)C(=O)OC)cc2)nc(-c2ccccn2)n1. The van der Waals surface area contributed by atoms with Crippen LogP contribution in [-0.2, 0) is 11.2 Å². The van der Waals surface area contributed by atoms with Crippen molar-refractivity contribution in [1.82, 2.24) is 15.0 Å².